The maximum atomic E-state index is 4.60. The predicted octanol–water partition coefficient (Wildman–Crippen LogP) is 7.82. The van der Waals surface area contributed by atoms with Crippen LogP contribution in [0.15, 0.2) is 82.3 Å². The molecule has 0 aliphatic heterocycles. The fraction of sp³-hybridized carbons (Fsp3) is 0.222. The van der Waals surface area contributed by atoms with Crippen LogP contribution in [-0.4, -0.2) is 18.3 Å². The molecule has 0 spiro atoms. The maximum Gasteiger partial charge on any atom is 0.0697 e. The van der Waals surface area contributed by atoms with E-state index in [0.717, 1.165) is 19.6 Å². The van der Waals surface area contributed by atoms with Gasteiger partial charge in [-0.05, 0) is 12.1 Å². The van der Waals surface area contributed by atoms with Crippen molar-refractivity contribution in [1.82, 2.24) is 0 Å². The average molecular weight is 495 g/mol. The zero-order valence-corrected chi connectivity index (χ0v) is 20.9. The molecular formula is C18H22S8. The Bertz CT molecular complexity index is 587. The van der Waals surface area contributed by atoms with Crippen molar-refractivity contribution in [1.29, 1.82) is 0 Å². The molecule has 0 aromatic heterocycles. The fourth-order valence-corrected chi connectivity index (χ4v) is 6.84. The molecule has 8 heteroatoms. The van der Waals surface area contributed by atoms with Crippen LogP contribution in [0, 0.1) is 0 Å². The van der Waals surface area contributed by atoms with Gasteiger partial charge in [0.25, 0.3) is 0 Å². The number of hydrogen-bond acceptors (Lipinski definition) is 8. The molecule has 26 heavy (non-hydrogen) atoms. The number of benzene rings is 1. The van der Waals surface area contributed by atoms with Crippen molar-refractivity contribution in [2.75, 3.05) is 0 Å². The molecule has 0 N–H and O–H groups in total. The molecule has 1 aromatic carbocycles. The van der Waals surface area contributed by atoms with Gasteiger partial charge >= 0.3 is 0 Å². The molecule has 1 rings (SSSR count). The Morgan fingerprint density at radius 1 is 0.577 bits per heavy atom. The molecule has 0 aliphatic rings. The Morgan fingerprint density at radius 3 is 1.12 bits per heavy atom. The van der Waals surface area contributed by atoms with Crippen molar-refractivity contribution in [2.45, 2.75) is 37.9 Å². The molecule has 0 nitrogen and oxygen atoms in total. The number of hydrogen-bond donors (Lipinski definition) is 4. The van der Waals surface area contributed by atoms with Crippen LogP contribution in [0.4, 0.5) is 0 Å². The first kappa shape index (κ1) is 25.0. The first-order chi connectivity index (χ1) is 12.4. The summed E-state index contributed by atoms with van der Waals surface area (Å²) in [6, 6.07) is 4.22. The first-order valence-electron chi connectivity index (χ1n) is 7.42. The predicted molar refractivity (Wildman–Crippen MR) is 142 cm³/mol. The van der Waals surface area contributed by atoms with Gasteiger partial charge in [-0.15, -0.1) is 73.4 Å². The third kappa shape index (κ3) is 8.15. The van der Waals surface area contributed by atoms with Crippen LogP contribution in [0.1, 0.15) is 0 Å². The Morgan fingerprint density at radius 2 is 0.846 bits per heavy atom. The molecule has 0 radical (unpaired) electrons. The Labute approximate surface area is 196 Å². The van der Waals surface area contributed by atoms with E-state index in [4.69, 9.17) is 0 Å². The van der Waals surface area contributed by atoms with E-state index in [2.05, 4.69) is 89.0 Å². The molecule has 0 saturated carbocycles. The van der Waals surface area contributed by atoms with Gasteiger partial charge in [0, 0.05) is 19.6 Å². The molecule has 0 saturated heterocycles. The van der Waals surface area contributed by atoms with E-state index in [0.29, 0.717) is 0 Å². The third-order valence-corrected chi connectivity index (χ3v) is 9.56. The minimum atomic E-state index is -0.0238. The molecule has 0 amide bonds. The highest BCUT2D eigenvalue weighted by Crippen LogP contribution is 2.49. The molecule has 142 valence electrons. The number of thiol groups is 4. The van der Waals surface area contributed by atoms with Crippen molar-refractivity contribution in [3.63, 3.8) is 0 Å². The summed E-state index contributed by atoms with van der Waals surface area (Å²) in [4.78, 5) is 4.52. The summed E-state index contributed by atoms with van der Waals surface area (Å²) < 4.78 is -0.0386. The first-order valence-corrected chi connectivity index (χ1v) is 13.0. The van der Waals surface area contributed by atoms with Crippen molar-refractivity contribution in [3.8, 4) is 0 Å². The monoisotopic (exact) mass is 494 g/mol. The standard InChI is InChI=1S/C18H22S8/c1-5-13(19)23-11-9-10-12(24-14(20)6-2)18(26-16(22)8-4)17(11)25-15(21)7-3/h5-10,13-16,19-22H,1-4H2. The van der Waals surface area contributed by atoms with E-state index in [1.807, 2.05) is 24.3 Å². The quantitative estimate of drug-likeness (QED) is 0.101. The van der Waals surface area contributed by atoms with Gasteiger partial charge < -0.3 is 0 Å². The topological polar surface area (TPSA) is 0 Å². The highest BCUT2D eigenvalue weighted by molar-refractivity contribution is 8.15. The Balaban J connectivity index is 3.49. The van der Waals surface area contributed by atoms with Crippen LogP contribution in [0.3, 0.4) is 0 Å². The maximum absolute atomic E-state index is 4.60. The van der Waals surface area contributed by atoms with E-state index < -0.39 is 0 Å². The molecule has 0 bridgehead atoms. The third-order valence-electron chi connectivity index (χ3n) is 2.82. The van der Waals surface area contributed by atoms with Gasteiger partial charge in [-0.25, -0.2) is 0 Å². The van der Waals surface area contributed by atoms with Crippen molar-refractivity contribution >= 4 is 97.6 Å². The fourth-order valence-electron chi connectivity index (χ4n) is 1.63. The highest BCUT2D eigenvalue weighted by atomic mass is 32.2. The van der Waals surface area contributed by atoms with E-state index >= 15 is 0 Å². The van der Waals surface area contributed by atoms with Crippen LogP contribution in [0.25, 0.3) is 0 Å². The largest absolute Gasteiger partial charge is 0.160 e. The van der Waals surface area contributed by atoms with Crippen LogP contribution in [-0.2, 0) is 0 Å². The van der Waals surface area contributed by atoms with Crippen molar-refractivity contribution in [2.24, 2.45) is 0 Å². The molecule has 0 fully saturated rings. The second-order valence-electron chi connectivity index (χ2n) is 4.70. The van der Waals surface area contributed by atoms with Gasteiger partial charge in [-0.2, -0.15) is 50.5 Å². The molecule has 0 heterocycles. The number of thioether (sulfide) groups is 4. The summed E-state index contributed by atoms with van der Waals surface area (Å²) >= 11 is 24.9. The van der Waals surface area contributed by atoms with E-state index in [1.54, 1.807) is 47.0 Å². The van der Waals surface area contributed by atoms with Gasteiger partial charge in [0.1, 0.15) is 0 Å². The molecule has 4 atom stereocenters. The Kier molecular flexibility index (Phi) is 12.7. The zero-order chi connectivity index (χ0) is 19.7. The van der Waals surface area contributed by atoms with Crippen molar-refractivity contribution in [3.05, 3.63) is 62.8 Å². The lowest BCUT2D eigenvalue weighted by molar-refractivity contribution is 1.03. The molecule has 1 aromatic rings. The lowest BCUT2D eigenvalue weighted by Gasteiger charge is -2.21. The van der Waals surface area contributed by atoms with Crippen LogP contribution < -0.4 is 0 Å². The van der Waals surface area contributed by atoms with E-state index in [1.165, 1.54) is 0 Å². The molecular weight excluding hydrogens is 473 g/mol. The van der Waals surface area contributed by atoms with Gasteiger partial charge in [0.15, 0.2) is 0 Å². The molecule has 4 unspecified atom stereocenters. The smallest absolute Gasteiger partial charge is 0.0697 e. The minimum absolute atomic E-state index is 0.00445. The number of rotatable bonds is 12. The summed E-state index contributed by atoms with van der Waals surface area (Å²) in [6.45, 7) is 15.3. The summed E-state index contributed by atoms with van der Waals surface area (Å²) in [5.74, 6) is 0. The second-order valence-corrected chi connectivity index (χ2v) is 13.0. The lowest BCUT2D eigenvalue weighted by Crippen LogP contribution is -1.98. The van der Waals surface area contributed by atoms with Gasteiger partial charge in [0.05, 0.1) is 18.3 Å². The van der Waals surface area contributed by atoms with Crippen molar-refractivity contribution < 1.29 is 0 Å². The second kappa shape index (κ2) is 13.2. The van der Waals surface area contributed by atoms with Crippen LogP contribution >= 0.6 is 97.6 Å². The summed E-state index contributed by atoms with van der Waals surface area (Å²) in [7, 11) is 0. The SMILES string of the molecule is C=CC(S)Sc1ccc(SC(S)C=C)c(SC(S)C=C)c1SC(S)C=C. The van der Waals surface area contributed by atoms with E-state index in [-0.39, 0.29) is 18.3 Å². The minimum Gasteiger partial charge on any atom is -0.160 e. The van der Waals surface area contributed by atoms with Crippen LogP contribution in [0.2, 0.25) is 0 Å². The van der Waals surface area contributed by atoms with E-state index in [9.17, 15) is 0 Å². The van der Waals surface area contributed by atoms with Gasteiger partial charge in [-0.1, -0.05) is 24.3 Å². The zero-order valence-electron chi connectivity index (χ0n) is 14.0. The lowest BCUT2D eigenvalue weighted by atomic mass is 10.3. The van der Waals surface area contributed by atoms with Crippen LogP contribution in [0.5, 0.6) is 0 Å². The molecule has 0 aliphatic carbocycles. The summed E-state index contributed by atoms with van der Waals surface area (Å²) in [5.41, 5.74) is 0. The average Bonchev–Trinajstić information content (AvgIpc) is 2.65. The highest BCUT2D eigenvalue weighted by Gasteiger charge is 2.21. The summed E-state index contributed by atoms with van der Waals surface area (Å²) in [6.07, 6.45) is 7.27. The van der Waals surface area contributed by atoms with Gasteiger partial charge in [0.2, 0.25) is 0 Å². The normalized spacial score (nSPS) is 15.5. The Hall–Kier alpha value is 0.980. The van der Waals surface area contributed by atoms with Gasteiger partial charge in [-0.3, -0.25) is 0 Å². The summed E-state index contributed by atoms with van der Waals surface area (Å²) in [5, 5.41) is 0.